The molecule has 0 aliphatic carbocycles. The summed E-state index contributed by atoms with van der Waals surface area (Å²) in [5.74, 6) is 0. The van der Waals surface area contributed by atoms with Crippen LogP contribution in [0.3, 0.4) is 0 Å². The molecular weight excluding hydrogens is 308 g/mol. The minimum atomic E-state index is 0.648. The maximum absolute atomic E-state index is 9.58. The summed E-state index contributed by atoms with van der Waals surface area (Å²) >= 11 is 0. The van der Waals surface area contributed by atoms with Gasteiger partial charge in [0.15, 0.2) is 6.20 Å². The fourth-order valence-corrected chi connectivity index (χ4v) is 3.57. The summed E-state index contributed by atoms with van der Waals surface area (Å²) in [6, 6.07) is 14.3. The van der Waals surface area contributed by atoms with Crippen molar-refractivity contribution in [3.8, 4) is 17.3 Å². The summed E-state index contributed by atoms with van der Waals surface area (Å²) < 4.78 is 8.20. The largest absolute Gasteiger partial charge is 0.456 e. The van der Waals surface area contributed by atoms with Crippen molar-refractivity contribution in [2.45, 2.75) is 20.8 Å². The van der Waals surface area contributed by atoms with E-state index in [4.69, 9.17) is 4.42 Å². The van der Waals surface area contributed by atoms with E-state index >= 15 is 0 Å². The van der Waals surface area contributed by atoms with Crippen molar-refractivity contribution in [1.82, 2.24) is 0 Å². The summed E-state index contributed by atoms with van der Waals surface area (Å²) in [6.45, 7) is 6.36. The van der Waals surface area contributed by atoms with Gasteiger partial charge >= 0.3 is 0 Å². The van der Waals surface area contributed by atoms with E-state index in [9.17, 15) is 5.26 Å². The molecule has 25 heavy (non-hydrogen) atoms. The smallest absolute Gasteiger partial charge is 0.213 e. The first-order valence-corrected chi connectivity index (χ1v) is 8.33. The van der Waals surface area contributed by atoms with Gasteiger partial charge in [0.25, 0.3) is 0 Å². The molecule has 0 saturated heterocycles. The number of pyridine rings is 1. The number of nitriles is 1. The Balaban J connectivity index is 2.23. The van der Waals surface area contributed by atoms with Crippen molar-refractivity contribution in [1.29, 1.82) is 5.26 Å². The first kappa shape index (κ1) is 15.4. The molecule has 0 spiro atoms. The molecule has 0 N–H and O–H groups in total. The van der Waals surface area contributed by atoms with E-state index in [2.05, 4.69) is 56.8 Å². The van der Waals surface area contributed by atoms with Gasteiger partial charge in [-0.1, -0.05) is 12.1 Å². The van der Waals surface area contributed by atoms with Gasteiger partial charge in [-0.05, 0) is 50.1 Å². The highest BCUT2D eigenvalue weighted by Crippen LogP contribution is 2.39. The third kappa shape index (κ3) is 2.22. The highest BCUT2D eigenvalue weighted by molar-refractivity contribution is 6.14. The molecule has 3 nitrogen and oxygen atoms in total. The van der Waals surface area contributed by atoms with Gasteiger partial charge in [-0.25, -0.2) is 4.57 Å². The zero-order valence-electron chi connectivity index (χ0n) is 14.8. The standard InChI is InChI=1S/C22H19N2O/c1-13-8-9-19-22(21-16(11-23)6-5-7-18(21)25-19)20(13)17-10-14(2)15(3)12-24(17)4/h5-10,12H,1-4H3/q+1. The molecule has 0 atom stereocenters. The molecule has 0 radical (unpaired) electrons. The van der Waals surface area contributed by atoms with E-state index in [-0.39, 0.29) is 0 Å². The van der Waals surface area contributed by atoms with Gasteiger partial charge in [-0.3, -0.25) is 0 Å². The van der Waals surface area contributed by atoms with Crippen LogP contribution in [0.25, 0.3) is 33.2 Å². The lowest BCUT2D eigenvalue weighted by molar-refractivity contribution is -0.660. The second kappa shape index (κ2) is 5.46. The van der Waals surface area contributed by atoms with Crippen molar-refractivity contribution in [2.75, 3.05) is 0 Å². The van der Waals surface area contributed by atoms with Gasteiger partial charge in [-0.2, -0.15) is 5.26 Å². The van der Waals surface area contributed by atoms with Crippen molar-refractivity contribution in [2.24, 2.45) is 7.05 Å². The van der Waals surface area contributed by atoms with E-state index in [0.717, 1.165) is 33.2 Å². The molecule has 0 bridgehead atoms. The zero-order chi connectivity index (χ0) is 17.7. The van der Waals surface area contributed by atoms with Gasteiger partial charge in [0.1, 0.15) is 18.2 Å². The van der Waals surface area contributed by atoms with Crippen LogP contribution >= 0.6 is 0 Å². The summed E-state index contributed by atoms with van der Waals surface area (Å²) in [5.41, 5.74) is 8.15. The average molecular weight is 327 g/mol. The van der Waals surface area contributed by atoms with Gasteiger partial charge in [-0.15, -0.1) is 0 Å². The predicted octanol–water partition coefficient (Wildman–Crippen LogP) is 4.87. The number of rotatable bonds is 1. The first-order chi connectivity index (χ1) is 12.0. The molecule has 4 aromatic rings. The van der Waals surface area contributed by atoms with Crippen LogP contribution in [0.1, 0.15) is 22.3 Å². The van der Waals surface area contributed by atoms with Gasteiger partial charge in [0.2, 0.25) is 5.69 Å². The fraction of sp³-hybridized carbons (Fsp3) is 0.182. The molecule has 2 aromatic carbocycles. The Hall–Kier alpha value is -3.12. The van der Waals surface area contributed by atoms with Crippen molar-refractivity contribution < 1.29 is 8.98 Å². The van der Waals surface area contributed by atoms with Crippen molar-refractivity contribution >= 4 is 21.9 Å². The number of fused-ring (bicyclic) bond motifs is 3. The van der Waals surface area contributed by atoms with Crippen LogP contribution in [0.2, 0.25) is 0 Å². The number of aromatic nitrogens is 1. The maximum Gasteiger partial charge on any atom is 0.213 e. The van der Waals surface area contributed by atoms with Crippen LogP contribution in [0.15, 0.2) is 47.0 Å². The summed E-state index contributed by atoms with van der Waals surface area (Å²) in [5, 5.41) is 11.5. The van der Waals surface area contributed by atoms with E-state index < -0.39 is 0 Å². The molecule has 122 valence electrons. The normalized spacial score (nSPS) is 11.2. The van der Waals surface area contributed by atoms with Gasteiger partial charge in [0, 0.05) is 22.4 Å². The number of hydrogen-bond acceptors (Lipinski definition) is 2. The highest BCUT2D eigenvalue weighted by Gasteiger charge is 2.22. The van der Waals surface area contributed by atoms with Crippen LogP contribution < -0.4 is 4.57 Å². The van der Waals surface area contributed by atoms with E-state index in [1.165, 1.54) is 16.7 Å². The number of nitrogens with zero attached hydrogens (tertiary/aromatic N) is 2. The maximum atomic E-state index is 9.58. The van der Waals surface area contributed by atoms with Gasteiger partial charge < -0.3 is 4.42 Å². The Labute approximate surface area is 146 Å². The van der Waals surface area contributed by atoms with Gasteiger partial charge in [0.05, 0.1) is 17.2 Å². The lowest BCUT2D eigenvalue weighted by Gasteiger charge is -2.09. The molecule has 3 heteroatoms. The second-order valence-electron chi connectivity index (χ2n) is 6.66. The Kier molecular flexibility index (Phi) is 3.36. The highest BCUT2D eigenvalue weighted by atomic mass is 16.3. The van der Waals surface area contributed by atoms with Crippen molar-refractivity contribution in [3.63, 3.8) is 0 Å². The van der Waals surface area contributed by atoms with Crippen LogP contribution in [-0.2, 0) is 7.05 Å². The topological polar surface area (TPSA) is 40.8 Å². The fourth-order valence-electron chi connectivity index (χ4n) is 3.57. The number of aryl methyl sites for hydroxylation is 4. The third-order valence-corrected chi connectivity index (χ3v) is 4.99. The van der Waals surface area contributed by atoms with Crippen LogP contribution in [0, 0.1) is 32.1 Å². The minimum Gasteiger partial charge on any atom is -0.456 e. The third-order valence-electron chi connectivity index (χ3n) is 4.99. The number of furan rings is 1. The zero-order valence-corrected chi connectivity index (χ0v) is 14.8. The molecule has 2 aromatic heterocycles. The Morgan fingerprint density at radius 2 is 1.68 bits per heavy atom. The van der Waals surface area contributed by atoms with Crippen molar-refractivity contribution in [3.05, 3.63) is 64.8 Å². The number of hydrogen-bond donors (Lipinski definition) is 0. The second-order valence-corrected chi connectivity index (χ2v) is 6.66. The molecule has 0 aliphatic rings. The van der Waals surface area contributed by atoms with Crippen LogP contribution in [-0.4, -0.2) is 0 Å². The lowest BCUT2D eigenvalue weighted by atomic mass is 9.95. The minimum absolute atomic E-state index is 0.648. The summed E-state index contributed by atoms with van der Waals surface area (Å²) in [6.07, 6.45) is 2.15. The Morgan fingerprint density at radius 3 is 2.44 bits per heavy atom. The first-order valence-electron chi connectivity index (χ1n) is 8.33. The Bertz CT molecular complexity index is 1190. The summed E-state index contributed by atoms with van der Waals surface area (Å²) in [7, 11) is 2.06. The monoisotopic (exact) mass is 327 g/mol. The summed E-state index contributed by atoms with van der Waals surface area (Å²) in [4.78, 5) is 0. The van der Waals surface area contributed by atoms with E-state index in [1.807, 2.05) is 24.3 Å². The molecule has 0 fully saturated rings. The molecule has 4 rings (SSSR count). The molecule has 0 unspecified atom stereocenters. The molecule has 0 saturated carbocycles. The Morgan fingerprint density at radius 1 is 0.920 bits per heavy atom. The quantitative estimate of drug-likeness (QED) is 0.468. The SMILES string of the molecule is Cc1cc(-c2c(C)ccc3oc4cccc(C#N)c4c23)[n+](C)cc1C. The van der Waals surface area contributed by atoms with E-state index in [1.54, 1.807) is 0 Å². The number of benzene rings is 2. The molecule has 0 amide bonds. The molecule has 2 heterocycles. The van der Waals surface area contributed by atoms with Crippen LogP contribution in [0.5, 0.6) is 0 Å². The molecular formula is C22H19N2O+. The van der Waals surface area contributed by atoms with E-state index in [0.29, 0.717) is 5.56 Å². The predicted molar refractivity (Wildman–Crippen MR) is 99.3 cm³/mol. The molecule has 0 aliphatic heterocycles. The lowest BCUT2D eigenvalue weighted by Crippen LogP contribution is -2.31. The average Bonchev–Trinajstić information content (AvgIpc) is 2.97. The van der Waals surface area contributed by atoms with Crippen LogP contribution in [0.4, 0.5) is 0 Å².